The summed E-state index contributed by atoms with van der Waals surface area (Å²) in [4.78, 5) is 3.84. The molecule has 0 aliphatic carbocycles. The highest BCUT2D eigenvalue weighted by Crippen LogP contribution is 2.35. The Hall–Kier alpha value is -2.81. The average molecular weight is 289 g/mol. The van der Waals surface area contributed by atoms with Crippen LogP contribution < -0.4 is 5.73 Å². The molecule has 21 heavy (non-hydrogen) atoms. The third-order valence-electron chi connectivity index (χ3n) is 2.85. The van der Waals surface area contributed by atoms with Gasteiger partial charge in [0.15, 0.2) is 0 Å². The van der Waals surface area contributed by atoms with Crippen LogP contribution in [0, 0.1) is 11.3 Å². The van der Waals surface area contributed by atoms with Crippen molar-refractivity contribution >= 4 is 11.3 Å². The smallest absolute Gasteiger partial charge is 0.397 e. The molecule has 3 nitrogen and oxygen atoms in total. The zero-order valence-electron chi connectivity index (χ0n) is 10.7. The van der Waals surface area contributed by atoms with Crippen molar-refractivity contribution < 1.29 is 13.2 Å². The van der Waals surface area contributed by atoms with Crippen molar-refractivity contribution in [2.45, 2.75) is 6.18 Å². The number of nitrogens with zero attached hydrogens (tertiary/aromatic N) is 2. The SMILES string of the molecule is N#C/C(=C(/N)c1ccccc1C(F)(F)F)c1cccnc1. The van der Waals surface area contributed by atoms with Crippen LogP contribution >= 0.6 is 0 Å². The molecule has 0 aliphatic rings. The van der Waals surface area contributed by atoms with E-state index in [4.69, 9.17) is 5.73 Å². The van der Waals surface area contributed by atoms with Crippen LogP contribution in [0.3, 0.4) is 0 Å². The largest absolute Gasteiger partial charge is 0.417 e. The van der Waals surface area contributed by atoms with E-state index in [1.54, 1.807) is 12.1 Å². The topological polar surface area (TPSA) is 62.7 Å². The number of allylic oxidation sites excluding steroid dienone is 1. The molecule has 0 radical (unpaired) electrons. The normalized spacial score (nSPS) is 12.5. The Labute approximate surface area is 119 Å². The fourth-order valence-corrected chi connectivity index (χ4v) is 1.89. The first-order valence-corrected chi connectivity index (χ1v) is 5.92. The zero-order chi connectivity index (χ0) is 15.5. The maximum absolute atomic E-state index is 13.0. The number of halogens is 3. The summed E-state index contributed by atoms with van der Waals surface area (Å²) in [5, 5.41) is 9.21. The molecular weight excluding hydrogens is 279 g/mol. The molecule has 0 atom stereocenters. The Morgan fingerprint density at radius 2 is 1.86 bits per heavy atom. The second-order valence-electron chi connectivity index (χ2n) is 4.19. The van der Waals surface area contributed by atoms with Crippen LogP contribution in [0.2, 0.25) is 0 Å². The lowest BCUT2D eigenvalue weighted by molar-refractivity contribution is -0.137. The molecule has 106 valence electrons. The number of hydrogen-bond acceptors (Lipinski definition) is 3. The van der Waals surface area contributed by atoms with Crippen molar-refractivity contribution in [3.05, 3.63) is 65.5 Å². The molecule has 0 saturated carbocycles. The van der Waals surface area contributed by atoms with E-state index in [1.165, 1.54) is 30.6 Å². The van der Waals surface area contributed by atoms with Gasteiger partial charge in [0, 0.05) is 23.5 Å². The second kappa shape index (κ2) is 5.67. The van der Waals surface area contributed by atoms with E-state index >= 15 is 0 Å². The fourth-order valence-electron chi connectivity index (χ4n) is 1.89. The number of nitriles is 1. The van der Waals surface area contributed by atoms with Crippen molar-refractivity contribution in [2.24, 2.45) is 5.73 Å². The van der Waals surface area contributed by atoms with E-state index in [1.807, 2.05) is 6.07 Å². The summed E-state index contributed by atoms with van der Waals surface area (Å²) in [5.41, 5.74) is 4.82. The van der Waals surface area contributed by atoms with Crippen LogP contribution in [0.1, 0.15) is 16.7 Å². The quantitative estimate of drug-likeness (QED) is 0.861. The summed E-state index contributed by atoms with van der Waals surface area (Å²) in [6.45, 7) is 0. The molecule has 0 aliphatic heterocycles. The average Bonchev–Trinajstić information content (AvgIpc) is 2.48. The predicted molar refractivity (Wildman–Crippen MR) is 72.3 cm³/mol. The molecule has 2 rings (SSSR count). The Balaban J connectivity index is 2.66. The summed E-state index contributed by atoms with van der Waals surface area (Å²) in [6, 6.07) is 9.87. The maximum atomic E-state index is 13.0. The molecule has 0 saturated heterocycles. The Morgan fingerprint density at radius 1 is 1.14 bits per heavy atom. The van der Waals surface area contributed by atoms with Gasteiger partial charge in [0.25, 0.3) is 0 Å². The number of nitrogens with two attached hydrogens (primary N) is 1. The molecule has 0 fully saturated rings. The minimum absolute atomic E-state index is 0.0419. The lowest BCUT2D eigenvalue weighted by atomic mass is 9.98. The third-order valence-corrected chi connectivity index (χ3v) is 2.85. The summed E-state index contributed by atoms with van der Waals surface area (Å²) in [6.07, 6.45) is -1.67. The first-order valence-electron chi connectivity index (χ1n) is 5.92. The van der Waals surface area contributed by atoms with Gasteiger partial charge in [-0.3, -0.25) is 4.98 Å². The molecule has 0 bridgehead atoms. The van der Waals surface area contributed by atoms with Crippen molar-refractivity contribution in [1.29, 1.82) is 5.26 Å². The van der Waals surface area contributed by atoms with E-state index in [0.717, 1.165) is 6.07 Å². The van der Waals surface area contributed by atoms with Crippen molar-refractivity contribution in [1.82, 2.24) is 4.98 Å². The molecule has 1 aromatic heterocycles. The monoisotopic (exact) mass is 289 g/mol. The van der Waals surface area contributed by atoms with Crippen molar-refractivity contribution in [3.8, 4) is 6.07 Å². The van der Waals surface area contributed by atoms with Gasteiger partial charge in [-0.05, 0) is 12.1 Å². The van der Waals surface area contributed by atoms with Crippen molar-refractivity contribution in [2.75, 3.05) is 0 Å². The van der Waals surface area contributed by atoms with Crippen molar-refractivity contribution in [3.63, 3.8) is 0 Å². The van der Waals surface area contributed by atoms with Gasteiger partial charge in [0.2, 0.25) is 0 Å². The van der Waals surface area contributed by atoms with Gasteiger partial charge in [0.05, 0.1) is 16.8 Å². The molecule has 0 unspecified atom stereocenters. The van der Waals surface area contributed by atoms with Gasteiger partial charge < -0.3 is 5.73 Å². The summed E-state index contributed by atoms with van der Waals surface area (Å²) < 4.78 is 39.0. The zero-order valence-corrected chi connectivity index (χ0v) is 10.7. The first-order chi connectivity index (χ1) is 9.95. The Kier molecular flexibility index (Phi) is 3.94. The molecule has 1 heterocycles. The van der Waals surface area contributed by atoms with Gasteiger partial charge in [-0.25, -0.2) is 0 Å². The summed E-state index contributed by atoms with van der Waals surface area (Å²) in [5.74, 6) is 0. The number of rotatable bonds is 2. The highest BCUT2D eigenvalue weighted by molar-refractivity contribution is 5.96. The van der Waals surface area contributed by atoms with Gasteiger partial charge in [0.1, 0.15) is 6.07 Å². The van der Waals surface area contributed by atoms with Crippen LogP contribution in [0.5, 0.6) is 0 Å². The van der Waals surface area contributed by atoms with Gasteiger partial charge >= 0.3 is 6.18 Å². The number of pyridine rings is 1. The van der Waals surface area contributed by atoms with Crippen LogP contribution in [-0.2, 0) is 6.18 Å². The maximum Gasteiger partial charge on any atom is 0.417 e. The van der Waals surface area contributed by atoms with Gasteiger partial charge in [-0.15, -0.1) is 0 Å². The predicted octanol–water partition coefficient (Wildman–Crippen LogP) is 3.45. The molecule has 2 N–H and O–H groups in total. The highest BCUT2D eigenvalue weighted by atomic mass is 19.4. The summed E-state index contributed by atoms with van der Waals surface area (Å²) >= 11 is 0. The van der Waals surface area contributed by atoms with E-state index < -0.39 is 11.7 Å². The number of alkyl halides is 3. The fraction of sp³-hybridized carbons (Fsp3) is 0.0667. The van der Waals surface area contributed by atoms with Crippen LogP contribution in [0.25, 0.3) is 11.3 Å². The second-order valence-corrected chi connectivity index (χ2v) is 4.19. The van der Waals surface area contributed by atoms with Crippen LogP contribution in [-0.4, -0.2) is 4.98 Å². The Morgan fingerprint density at radius 3 is 2.43 bits per heavy atom. The van der Waals surface area contributed by atoms with E-state index in [0.29, 0.717) is 5.56 Å². The number of aromatic nitrogens is 1. The lowest BCUT2D eigenvalue weighted by Gasteiger charge is -2.14. The molecular formula is C15H10F3N3. The minimum Gasteiger partial charge on any atom is -0.397 e. The number of hydrogen-bond donors (Lipinski definition) is 1. The lowest BCUT2D eigenvalue weighted by Crippen LogP contribution is -2.12. The van der Waals surface area contributed by atoms with Gasteiger partial charge in [-0.2, -0.15) is 18.4 Å². The molecule has 0 amide bonds. The van der Waals surface area contributed by atoms with Crippen LogP contribution in [0.15, 0.2) is 48.8 Å². The third kappa shape index (κ3) is 3.03. The van der Waals surface area contributed by atoms with Gasteiger partial charge in [-0.1, -0.05) is 24.3 Å². The molecule has 6 heteroatoms. The number of benzene rings is 1. The van der Waals surface area contributed by atoms with Crippen LogP contribution in [0.4, 0.5) is 13.2 Å². The van der Waals surface area contributed by atoms with E-state index in [9.17, 15) is 18.4 Å². The van der Waals surface area contributed by atoms with E-state index in [-0.39, 0.29) is 16.8 Å². The molecule has 1 aromatic carbocycles. The highest BCUT2D eigenvalue weighted by Gasteiger charge is 2.34. The Bertz CT molecular complexity index is 713. The minimum atomic E-state index is -4.54. The summed E-state index contributed by atoms with van der Waals surface area (Å²) in [7, 11) is 0. The standard InChI is InChI=1S/C15H10F3N3/c16-15(17,18)13-6-2-1-5-11(13)14(20)12(8-19)10-4-3-7-21-9-10/h1-7,9H,20H2/b14-12-. The molecule has 2 aromatic rings. The van der Waals surface area contributed by atoms with E-state index in [2.05, 4.69) is 4.98 Å². The molecule has 0 spiro atoms. The first kappa shape index (κ1) is 14.6.